The SMILES string of the molecule is Fc1cc(F)c(CNCCOCC2CC2)cc1F. The first-order chi connectivity index (χ1) is 8.66. The molecule has 1 aliphatic carbocycles. The molecule has 1 fully saturated rings. The number of hydrogen-bond acceptors (Lipinski definition) is 2. The molecule has 0 amide bonds. The highest BCUT2D eigenvalue weighted by Crippen LogP contribution is 2.28. The van der Waals surface area contributed by atoms with Crippen LogP contribution < -0.4 is 5.32 Å². The van der Waals surface area contributed by atoms with E-state index in [-0.39, 0.29) is 12.1 Å². The van der Waals surface area contributed by atoms with Crippen LogP contribution in [0.5, 0.6) is 0 Å². The monoisotopic (exact) mass is 259 g/mol. The Balaban J connectivity index is 1.67. The molecular weight excluding hydrogens is 243 g/mol. The second-order valence-corrected chi connectivity index (χ2v) is 4.55. The molecule has 18 heavy (non-hydrogen) atoms. The molecule has 1 saturated carbocycles. The first kappa shape index (κ1) is 13.4. The molecule has 1 aromatic carbocycles. The van der Waals surface area contributed by atoms with Crippen LogP contribution in [-0.4, -0.2) is 19.8 Å². The van der Waals surface area contributed by atoms with Gasteiger partial charge in [0.15, 0.2) is 11.6 Å². The quantitative estimate of drug-likeness (QED) is 0.600. The standard InChI is InChI=1S/C13H16F3NO/c14-11-6-13(16)12(15)5-10(11)7-17-3-4-18-8-9-1-2-9/h5-6,9,17H,1-4,7-8H2. The minimum Gasteiger partial charge on any atom is -0.380 e. The van der Waals surface area contributed by atoms with Gasteiger partial charge in [0, 0.05) is 31.3 Å². The first-order valence-corrected chi connectivity index (χ1v) is 6.08. The van der Waals surface area contributed by atoms with Gasteiger partial charge < -0.3 is 10.1 Å². The van der Waals surface area contributed by atoms with E-state index in [2.05, 4.69) is 5.32 Å². The van der Waals surface area contributed by atoms with E-state index >= 15 is 0 Å². The minimum absolute atomic E-state index is 0.121. The summed E-state index contributed by atoms with van der Waals surface area (Å²) in [5.41, 5.74) is 0.121. The van der Waals surface area contributed by atoms with Crippen molar-refractivity contribution >= 4 is 0 Å². The third-order valence-electron chi connectivity index (χ3n) is 2.88. The maximum atomic E-state index is 13.2. The zero-order chi connectivity index (χ0) is 13.0. The van der Waals surface area contributed by atoms with Gasteiger partial charge in [-0.3, -0.25) is 0 Å². The van der Waals surface area contributed by atoms with Crippen molar-refractivity contribution in [3.63, 3.8) is 0 Å². The van der Waals surface area contributed by atoms with E-state index in [9.17, 15) is 13.2 Å². The maximum absolute atomic E-state index is 13.2. The molecule has 0 radical (unpaired) electrons. The van der Waals surface area contributed by atoms with Gasteiger partial charge >= 0.3 is 0 Å². The van der Waals surface area contributed by atoms with E-state index in [4.69, 9.17) is 4.74 Å². The van der Waals surface area contributed by atoms with Gasteiger partial charge in [-0.15, -0.1) is 0 Å². The molecule has 1 aromatic rings. The van der Waals surface area contributed by atoms with E-state index in [0.717, 1.165) is 12.7 Å². The van der Waals surface area contributed by atoms with Gasteiger partial charge in [0.25, 0.3) is 0 Å². The third-order valence-corrected chi connectivity index (χ3v) is 2.88. The number of hydrogen-bond donors (Lipinski definition) is 1. The lowest BCUT2D eigenvalue weighted by molar-refractivity contribution is 0.126. The van der Waals surface area contributed by atoms with Gasteiger partial charge in [-0.25, -0.2) is 13.2 Å². The fourth-order valence-corrected chi connectivity index (χ4v) is 1.60. The van der Waals surface area contributed by atoms with Crippen LogP contribution in [0.25, 0.3) is 0 Å². The molecule has 0 heterocycles. The Bertz CT molecular complexity index is 407. The molecular formula is C13H16F3NO. The van der Waals surface area contributed by atoms with Crippen molar-refractivity contribution in [3.8, 4) is 0 Å². The summed E-state index contributed by atoms with van der Waals surface area (Å²) in [6.45, 7) is 2.05. The van der Waals surface area contributed by atoms with Crippen molar-refractivity contribution in [3.05, 3.63) is 35.1 Å². The van der Waals surface area contributed by atoms with Crippen LogP contribution >= 0.6 is 0 Å². The Morgan fingerprint density at radius 2 is 1.83 bits per heavy atom. The summed E-state index contributed by atoms with van der Waals surface area (Å²) >= 11 is 0. The number of rotatable bonds is 7. The van der Waals surface area contributed by atoms with Crippen molar-refractivity contribution < 1.29 is 17.9 Å². The average molecular weight is 259 g/mol. The molecule has 0 unspecified atom stereocenters. The third kappa shape index (κ3) is 3.99. The zero-order valence-corrected chi connectivity index (χ0v) is 10.0. The smallest absolute Gasteiger partial charge is 0.161 e. The Morgan fingerprint density at radius 1 is 1.11 bits per heavy atom. The number of ether oxygens (including phenoxy) is 1. The van der Waals surface area contributed by atoms with E-state index in [1.165, 1.54) is 12.8 Å². The lowest BCUT2D eigenvalue weighted by Gasteiger charge is -2.07. The minimum atomic E-state index is -1.16. The Kier molecular flexibility index (Phi) is 4.60. The predicted molar refractivity (Wildman–Crippen MR) is 61.6 cm³/mol. The molecule has 0 spiro atoms. The van der Waals surface area contributed by atoms with Crippen LogP contribution in [-0.2, 0) is 11.3 Å². The van der Waals surface area contributed by atoms with Gasteiger partial charge in [-0.05, 0) is 24.8 Å². The Labute approximate surface area is 104 Å². The molecule has 100 valence electrons. The Hall–Kier alpha value is -1.07. The van der Waals surface area contributed by atoms with Crippen molar-refractivity contribution in [2.45, 2.75) is 19.4 Å². The van der Waals surface area contributed by atoms with E-state index in [1.54, 1.807) is 0 Å². The van der Waals surface area contributed by atoms with Gasteiger partial charge in [0.1, 0.15) is 5.82 Å². The number of halogens is 3. The van der Waals surface area contributed by atoms with Crippen LogP contribution in [0, 0.1) is 23.4 Å². The van der Waals surface area contributed by atoms with Crippen molar-refractivity contribution in [1.82, 2.24) is 5.32 Å². The fraction of sp³-hybridized carbons (Fsp3) is 0.538. The van der Waals surface area contributed by atoms with Crippen LogP contribution in [0.3, 0.4) is 0 Å². The maximum Gasteiger partial charge on any atom is 0.161 e. The van der Waals surface area contributed by atoms with E-state index in [1.807, 2.05) is 0 Å². The van der Waals surface area contributed by atoms with E-state index < -0.39 is 17.5 Å². The van der Waals surface area contributed by atoms with Crippen LogP contribution in [0.15, 0.2) is 12.1 Å². The molecule has 1 N–H and O–H groups in total. The molecule has 5 heteroatoms. The lowest BCUT2D eigenvalue weighted by Crippen LogP contribution is -2.20. The summed E-state index contributed by atoms with van der Waals surface area (Å²) in [6, 6.07) is 1.44. The number of benzene rings is 1. The summed E-state index contributed by atoms with van der Waals surface area (Å²) in [5.74, 6) is -2.21. The zero-order valence-electron chi connectivity index (χ0n) is 10.0. The van der Waals surface area contributed by atoms with Gasteiger partial charge in [-0.2, -0.15) is 0 Å². The molecule has 0 atom stereocenters. The first-order valence-electron chi connectivity index (χ1n) is 6.08. The Morgan fingerprint density at radius 3 is 2.56 bits per heavy atom. The lowest BCUT2D eigenvalue weighted by atomic mass is 10.2. The molecule has 0 aromatic heterocycles. The highest BCUT2D eigenvalue weighted by molar-refractivity contribution is 5.19. The second kappa shape index (κ2) is 6.20. The fourth-order valence-electron chi connectivity index (χ4n) is 1.60. The largest absolute Gasteiger partial charge is 0.380 e. The molecule has 0 aliphatic heterocycles. The topological polar surface area (TPSA) is 21.3 Å². The molecule has 0 bridgehead atoms. The van der Waals surface area contributed by atoms with Crippen LogP contribution in [0.4, 0.5) is 13.2 Å². The summed E-state index contributed by atoms with van der Waals surface area (Å²) in [4.78, 5) is 0. The molecule has 2 nitrogen and oxygen atoms in total. The van der Waals surface area contributed by atoms with Gasteiger partial charge in [0.05, 0.1) is 6.61 Å². The molecule has 1 aliphatic rings. The van der Waals surface area contributed by atoms with Crippen molar-refractivity contribution in [1.29, 1.82) is 0 Å². The van der Waals surface area contributed by atoms with Gasteiger partial charge in [-0.1, -0.05) is 0 Å². The normalized spacial score (nSPS) is 15.1. The van der Waals surface area contributed by atoms with Crippen LogP contribution in [0.2, 0.25) is 0 Å². The molecule has 2 rings (SSSR count). The second-order valence-electron chi connectivity index (χ2n) is 4.55. The highest BCUT2D eigenvalue weighted by Gasteiger charge is 2.20. The van der Waals surface area contributed by atoms with Gasteiger partial charge in [0.2, 0.25) is 0 Å². The van der Waals surface area contributed by atoms with Crippen molar-refractivity contribution in [2.24, 2.45) is 5.92 Å². The highest BCUT2D eigenvalue weighted by atomic mass is 19.2. The summed E-state index contributed by atoms with van der Waals surface area (Å²) < 4.78 is 44.2. The summed E-state index contributed by atoms with van der Waals surface area (Å²) in [6.07, 6.45) is 2.49. The average Bonchev–Trinajstić information content (AvgIpc) is 3.13. The molecule has 0 saturated heterocycles. The van der Waals surface area contributed by atoms with Crippen LogP contribution in [0.1, 0.15) is 18.4 Å². The number of nitrogens with one attached hydrogen (secondary N) is 1. The summed E-state index contributed by atoms with van der Waals surface area (Å²) in [7, 11) is 0. The predicted octanol–water partition coefficient (Wildman–Crippen LogP) is 2.62. The van der Waals surface area contributed by atoms with E-state index in [0.29, 0.717) is 25.1 Å². The summed E-state index contributed by atoms with van der Waals surface area (Å²) in [5, 5.41) is 2.93. The van der Waals surface area contributed by atoms with Crippen molar-refractivity contribution in [2.75, 3.05) is 19.8 Å².